The first-order valence-corrected chi connectivity index (χ1v) is 19.2. The molecule has 2 aromatic heterocycles. The lowest BCUT2D eigenvalue weighted by atomic mass is 9.91. The fourth-order valence-electron chi connectivity index (χ4n) is 7.22. The average Bonchev–Trinajstić information content (AvgIpc) is 3.63. The number of amides is 4. The second-order valence-electron chi connectivity index (χ2n) is 15.3. The van der Waals surface area contributed by atoms with E-state index in [2.05, 4.69) is 51.8 Å². The number of hydrogen-bond donors (Lipinski definition) is 5. The van der Waals surface area contributed by atoms with Crippen molar-refractivity contribution in [1.82, 2.24) is 25.1 Å². The molecular formula is C45H50N6O6. The maximum Gasteiger partial charge on any atom is 0.274 e. The number of aromatic amines is 1. The van der Waals surface area contributed by atoms with Gasteiger partial charge in [0.1, 0.15) is 11.6 Å². The van der Waals surface area contributed by atoms with Gasteiger partial charge in [0.05, 0.1) is 17.0 Å². The fraction of sp³-hybridized carbons (Fsp3) is 0.311. The summed E-state index contributed by atoms with van der Waals surface area (Å²) in [4.78, 5) is 66.4. The standard InChI is InChI=1S/C45H50N6O6/c1-27-13-18-32(45(4,5)57)22-34(27)36-25-50(6)44(56)41-35(36)23-38(48-41)29(3)47-24-31-16-14-30(15-17-31)10-7-8-21-46-37-12-9-11-33(28(37)2)43(55)51(26-52)39-19-20-40(53)49-42(39)54/h9,11-18,22-23,25-26,39,46-48,57H,3,7-8,10,19-21,24H2,1-2,4-6H3,(H,49,53,54). The Morgan fingerprint density at radius 2 is 1.75 bits per heavy atom. The van der Waals surface area contributed by atoms with Crippen molar-refractivity contribution < 1.29 is 24.3 Å². The highest BCUT2D eigenvalue weighted by Crippen LogP contribution is 2.34. The summed E-state index contributed by atoms with van der Waals surface area (Å²) in [6.45, 7) is 12.8. The first-order valence-electron chi connectivity index (χ1n) is 19.2. The number of nitrogens with zero attached hydrogens (tertiary/aromatic N) is 2. The van der Waals surface area contributed by atoms with E-state index in [0.29, 0.717) is 41.8 Å². The molecule has 3 aromatic carbocycles. The van der Waals surface area contributed by atoms with Crippen LogP contribution in [0.4, 0.5) is 5.69 Å². The topological polar surface area (TPSA) is 166 Å². The number of benzene rings is 3. The Balaban J connectivity index is 1.01. The molecule has 6 rings (SSSR count). The van der Waals surface area contributed by atoms with E-state index >= 15 is 0 Å². The van der Waals surface area contributed by atoms with E-state index in [1.54, 1.807) is 44.5 Å². The number of unbranched alkanes of at least 4 members (excludes halogenated alkanes) is 1. The molecule has 0 saturated carbocycles. The molecule has 12 heteroatoms. The summed E-state index contributed by atoms with van der Waals surface area (Å²) >= 11 is 0. The van der Waals surface area contributed by atoms with Gasteiger partial charge in [0.15, 0.2) is 0 Å². The Kier molecular flexibility index (Phi) is 11.9. The number of nitrogens with one attached hydrogen (secondary N) is 4. The van der Waals surface area contributed by atoms with Gasteiger partial charge >= 0.3 is 0 Å². The molecule has 0 bridgehead atoms. The monoisotopic (exact) mass is 770 g/mol. The molecule has 0 aliphatic carbocycles. The summed E-state index contributed by atoms with van der Waals surface area (Å²) in [6.07, 6.45) is 5.08. The van der Waals surface area contributed by atoms with Gasteiger partial charge < -0.3 is 25.3 Å². The molecule has 1 saturated heterocycles. The van der Waals surface area contributed by atoms with Crippen LogP contribution in [0.15, 0.2) is 84.3 Å². The third kappa shape index (κ3) is 8.92. The predicted molar refractivity (Wildman–Crippen MR) is 222 cm³/mol. The van der Waals surface area contributed by atoms with Crippen molar-refractivity contribution in [3.8, 4) is 11.1 Å². The van der Waals surface area contributed by atoms with Crippen LogP contribution in [-0.4, -0.2) is 56.3 Å². The lowest BCUT2D eigenvalue weighted by Crippen LogP contribution is -2.53. The number of pyridine rings is 1. The van der Waals surface area contributed by atoms with E-state index in [4.69, 9.17) is 0 Å². The summed E-state index contributed by atoms with van der Waals surface area (Å²) in [6, 6.07) is 20.5. The van der Waals surface area contributed by atoms with E-state index in [0.717, 1.165) is 68.7 Å². The first-order chi connectivity index (χ1) is 27.2. The number of piperidine rings is 1. The minimum Gasteiger partial charge on any atom is -0.386 e. The highest BCUT2D eigenvalue weighted by atomic mass is 16.3. The number of aliphatic hydroxyl groups is 1. The van der Waals surface area contributed by atoms with Gasteiger partial charge in [-0.2, -0.15) is 0 Å². The number of aryl methyl sites for hydroxylation is 3. The Labute approximate surface area is 332 Å². The number of aromatic nitrogens is 2. The van der Waals surface area contributed by atoms with Crippen LogP contribution in [0.1, 0.15) is 83.4 Å². The maximum atomic E-state index is 13.3. The van der Waals surface area contributed by atoms with E-state index in [1.165, 1.54) is 5.56 Å². The largest absolute Gasteiger partial charge is 0.386 e. The number of rotatable bonds is 15. The van der Waals surface area contributed by atoms with Gasteiger partial charge in [0.2, 0.25) is 18.2 Å². The van der Waals surface area contributed by atoms with Crippen molar-refractivity contribution in [2.45, 2.75) is 78.0 Å². The normalized spacial score (nSPS) is 14.3. The summed E-state index contributed by atoms with van der Waals surface area (Å²) in [7, 11) is 1.74. The number of carbonyl (C=O) groups is 4. The molecular weight excluding hydrogens is 721 g/mol. The highest BCUT2D eigenvalue weighted by Gasteiger charge is 2.35. The second kappa shape index (κ2) is 16.8. The number of anilines is 1. The molecule has 4 amide bonds. The molecule has 3 heterocycles. The van der Waals surface area contributed by atoms with Crippen molar-refractivity contribution in [1.29, 1.82) is 0 Å². The predicted octanol–water partition coefficient (Wildman–Crippen LogP) is 5.98. The van der Waals surface area contributed by atoms with Crippen LogP contribution in [0, 0.1) is 13.8 Å². The Hall–Kier alpha value is -6.27. The van der Waals surface area contributed by atoms with E-state index < -0.39 is 29.4 Å². The molecule has 1 aliphatic heterocycles. The lowest BCUT2D eigenvalue weighted by Gasteiger charge is -2.29. The van der Waals surface area contributed by atoms with Gasteiger partial charge in [0.25, 0.3) is 11.5 Å². The Morgan fingerprint density at radius 1 is 1.02 bits per heavy atom. The van der Waals surface area contributed by atoms with E-state index in [-0.39, 0.29) is 18.4 Å². The Bertz CT molecular complexity index is 2420. The Morgan fingerprint density at radius 3 is 2.46 bits per heavy atom. The molecule has 1 fully saturated rings. The minimum absolute atomic E-state index is 0.0639. The molecule has 1 aliphatic rings. The number of fused-ring (bicyclic) bond motifs is 1. The summed E-state index contributed by atoms with van der Waals surface area (Å²) in [5.74, 6) is -1.64. The maximum absolute atomic E-state index is 13.3. The van der Waals surface area contributed by atoms with Crippen molar-refractivity contribution >= 4 is 46.4 Å². The average molecular weight is 771 g/mol. The summed E-state index contributed by atoms with van der Waals surface area (Å²) < 4.78 is 1.57. The zero-order chi connectivity index (χ0) is 41.0. The van der Waals surface area contributed by atoms with E-state index in [1.807, 2.05) is 43.5 Å². The molecule has 57 heavy (non-hydrogen) atoms. The van der Waals surface area contributed by atoms with Crippen LogP contribution in [0.2, 0.25) is 0 Å². The molecule has 0 radical (unpaired) electrons. The number of H-pyrrole nitrogens is 1. The highest BCUT2D eigenvalue weighted by molar-refractivity contribution is 6.08. The van der Waals surface area contributed by atoms with Crippen LogP contribution in [0.3, 0.4) is 0 Å². The quantitative estimate of drug-likeness (QED) is 0.0493. The summed E-state index contributed by atoms with van der Waals surface area (Å²) in [5.41, 5.74) is 8.47. The fourth-order valence-corrected chi connectivity index (χ4v) is 7.22. The van der Waals surface area contributed by atoms with Gasteiger partial charge in [-0.15, -0.1) is 0 Å². The molecule has 12 nitrogen and oxygen atoms in total. The molecule has 5 N–H and O–H groups in total. The van der Waals surface area contributed by atoms with Gasteiger partial charge in [-0.25, -0.2) is 0 Å². The van der Waals surface area contributed by atoms with Crippen LogP contribution in [-0.2, 0) is 40.0 Å². The summed E-state index contributed by atoms with van der Waals surface area (Å²) in [5, 5.41) is 20.5. The van der Waals surface area contributed by atoms with Gasteiger partial charge in [-0.05, 0) is 111 Å². The van der Waals surface area contributed by atoms with Crippen LogP contribution < -0.4 is 21.5 Å². The zero-order valence-corrected chi connectivity index (χ0v) is 33.1. The molecule has 5 aromatic rings. The van der Waals surface area contributed by atoms with Crippen LogP contribution in [0.5, 0.6) is 0 Å². The number of imide groups is 2. The number of hydrogen-bond acceptors (Lipinski definition) is 8. The third-order valence-electron chi connectivity index (χ3n) is 10.7. The zero-order valence-electron chi connectivity index (χ0n) is 33.1. The molecule has 0 spiro atoms. The van der Waals surface area contributed by atoms with E-state index in [9.17, 15) is 29.1 Å². The van der Waals surface area contributed by atoms with Crippen LogP contribution >= 0.6 is 0 Å². The van der Waals surface area contributed by atoms with Crippen LogP contribution in [0.25, 0.3) is 27.7 Å². The third-order valence-corrected chi connectivity index (χ3v) is 10.7. The number of carbonyl (C=O) groups excluding carboxylic acids is 4. The van der Waals surface area contributed by atoms with Crippen molar-refractivity contribution in [2.24, 2.45) is 7.05 Å². The lowest BCUT2D eigenvalue weighted by molar-refractivity contribution is -0.139. The van der Waals surface area contributed by atoms with Gasteiger partial charge in [-0.1, -0.05) is 49.0 Å². The SMILES string of the molecule is C=C(NCc1ccc(CCCCNc2cccc(C(=O)N(C=O)C3CCC(=O)NC3=O)c2C)cc1)c1cc2c(-c3cc(C(C)(C)O)ccc3C)cn(C)c(=O)c2[nH]1. The first kappa shape index (κ1) is 40.4. The van der Waals surface area contributed by atoms with Crippen molar-refractivity contribution in [3.05, 3.63) is 129 Å². The smallest absolute Gasteiger partial charge is 0.274 e. The second-order valence-corrected chi connectivity index (χ2v) is 15.3. The minimum atomic E-state index is -1.02. The van der Waals surface area contributed by atoms with Gasteiger partial charge in [0, 0.05) is 55.0 Å². The molecule has 1 unspecified atom stereocenters. The van der Waals surface area contributed by atoms with Crippen molar-refractivity contribution in [2.75, 3.05) is 11.9 Å². The molecule has 296 valence electrons. The van der Waals surface area contributed by atoms with Crippen molar-refractivity contribution in [3.63, 3.8) is 0 Å². The molecule has 1 atom stereocenters. The van der Waals surface area contributed by atoms with Gasteiger partial charge in [-0.3, -0.25) is 34.2 Å².